The number of hydrogen-bond donors (Lipinski definition) is 4. The third-order valence-corrected chi connectivity index (χ3v) is 6.21. The number of thiophene rings is 1. The number of rotatable bonds is 9. The predicted molar refractivity (Wildman–Crippen MR) is 126 cm³/mol. The summed E-state index contributed by atoms with van der Waals surface area (Å²) in [7, 11) is 0. The molecule has 1 aromatic heterocycles. The standard InChI is InChI=1S/C20H31N3O2S.HI/c1-4-20(5-2,14-24)13-23-19(21-6-3)22-12-16(25)18-11-15-9-7-8-10-17(15)26-18;/h7-11,16,24-25H,4-6,12-14H2,1-3H3,(H2,21,22,23);1H. The Morgan fingerprint density at radius 3 is 2.48 bits per heavy atom. The van der Waals surface area contributed by atoms with E-state index < -0.39 is 6.10 Å². The Balaban J connectivity index is 0.00000364. The fraction of sp³-hybridized carbons (Fsp3) is 0.550. The number of halogens is 1. The van der Waals surface area contributed by atoms with Gasteiger partial charge in [0.1, 0.15) is 6.10 Å². The molecule has 0 aliphatic heterocycles. The van der Waals surface area contributed by atoms with Gasteiger partial charge < -0.3 is 20.8 Å². The largest absolute Gasteiger partial charge is 0.396 e. The molecule has 2 rings (SSSR count). The molecule has 5 nitrogen and oxygen atoms in total. The molecule has 27 heavy (non-hydrogen) atoms. The van der Waals surface area contributed by atoms with Crippen molar-refractivity contribution < 1.29 is 10.2 Å². The molecular weight excluding hydrogens is 473 g/mol. The normalized spacial score (nSPS) is 13.3. The fourth-order valence-corrected chi connectivity index (χ4v) is 3.85. The average Bonchev–Trinajstić information content (AvgIpc) is 3.11. The lowest BCUT2D eigenvalue weighted by molar-refractivity contribution is 0.123. The smallest absolute Gasteiger partial charge is 0.191 e. The van der Waals surface area contributed by atoms with Gasteiger partial charge in [-0.25, -0.2) is 0 Å². The molecule has 1 heterocycles. The van der Waals surface area contributed by atoms with Crippen LogP contribution in [-0.4, -0.2) is 42.4 Å². The molecule has 0 saturated carbocycles. The molecule has 152 valence electrons. The first-order valence-electron chi connectivity index (χ1n) is 9.37. The van der Waals surface area contributed by atoms with E-state index in [1.807, 2.05) is 25.1 Å². The average molecular weight is 505 g/mol. The molecule has 0 radical (unpaired) electrons. The van der Waals surface area contributed by atoms with Gasteiger partial charge in [-0.05, 0) is 37.3 Å². The van der Waals surface area contributed by atoms with Crippen LogP contribution in [0, 0.1) is 5.41 Å². The Labute approximate surface area is 183 Å². The molecule has 0 spiro atoms. The maximum Gasteiger partial charge on any atom is 0.191 e. The number of aliphatic hydroxyl groups is 2. The number of aliphatic imine (C=N–C) groups is 1. The summed E-state index contributed by atoms with van der Waals surface area (Å²) < 4.78 is 1.18. The van der Waals surface area contributed by atoms with Crippen molar-refractivity contribution in [2.24, 2.45) is 10.4 Å². The van der Waals surface area contributed by atoms with Crippen molar-refractivity contribution in [2.45, 2.75) is 39.7 Å². The van der Waals surface area contributed by atoms with Crippen LogP contribution in [0.1, 0.15) is 44.6 Å². The Hall–Kier alpha value is -0.900. The molecule has 2 aromatic rings. The molecule has 1 unspecified atom stereocenters. The van der Waals surface area contributed by atoms with E-state index in [-0.39, 0.29) is 36.0 Å². The van der Waals surface area contributed by atoms with Crippen molar-refractivity contribution in [2.75, 3.05) is 26.2 Å². The van der Waals surface area contributed by atoms with Gasteiger partial charge in [0.05, 0.1) is 13.2 Å². The van der Waals surface area contributed by atoms with Crippen molar-refractivity contribution in [3.8, 4) is 0 Å². The lowest BCUT2D eigenvalue weighted by atomic mass is 9.83. The van der Waals surface area contributed by atoms with E-state index in [1.54, 1.807) is 11.3 Å². The highest BCUT2D eigenvalue weighted by Crippen LogP contribution is 2.29. The number of nitrogens with zero attached hydrogens (tertiary/aromatic N) is 1. The second kappa shape index (κ2) is 11.8. The van der Waals surface area contributed by atoms with Crippen molar-refractivity contribution in [3.63, 3.8) is 0 Å². The molecule has 7 heteroatoms. The first-order chi connectivity index (χ1) is 12.6. The van der Waals surface area contributed by atoms with E-state index >= 15 is 0 Å². The summed E-state index contributed by atoms with van der Waals surface area (Å²) in [5, 5.41) is 27.8. The highest BCUT2D eigenvalue weighted by Gasteiger charge is 2.25. The van der Waals surface area contributed by atoms with E-state index in [1.165, 1.54) is 4.70 Å². The Morgan fingerprint density at radius 2 is 1.89 bits per heavy atom. The van der Waals surface area contributed by atoms with Crippen LogP contribution in [0.25, 0.3) is 10.1 Å². The first kappa shape index (κ1) is 24.1. The second-order valence-electron chi connectivity index (χ2n) is 6.64. The van der Waals surface area contributed by atoms with Crippen molar-refractivity contribution in [3.05, 3.63) is 35.2 Å². The topological polar surface area (TPSA) is 76.9 Å². The van der Waals surface area contributed by atoms with Gasteiger partial charge in [0.25, 0.3) is 0 Å². The Morgan fingerprint density at radius 1 is 1.19 bits per heavy atom. The minimum Gasteiger partial charge on any atom is -0.396 e. The highest BCUT2D eigenvalue weighted by atomic mass is 127. The van der Waals surface area contributed by atoms with Gasteiger partial charge in [-0.1, -0.05) is 32.0 Å². The van der Waals surface area contributed by atoms with Gasteiger partial charge in [0, 0.05) is 28.1 Å². The van der Waals surface area contributed by atoms with Gasteiger partial charge in [-0.15, -0.1) is 35.3 Å². The number of benzene rings is 1. The fourth-order valence-electron chi connectivity index (χ4n) is 2.80. The molecule has 0 fully saturated rings. The summed E-state index contributed by atoms with van der Waals surface area (Å²) in [6, 6.07) is 10.2. The third-order valence-electron chi connectivity index (χ3n) is 4.99. The van der Waals surface area contributed by atoms with Crippen LogP contribution >= 0.6 is 35.3 Å². The molecule has 0 aliphatic carbocycles. The molecule has 4 N–H and O–H groups in total. The van der Waals surface area contributed by atoms with E-state index in [9.17, 15) is 10.2 Å². The molecule has 1 aromatic carbocycles. The van der Waals surface area contributed by atoms with Crippen LogP contribution in [0.15, 0.2) is 35.3 Å². The Kier molecular flexibility index (Phi) is 10.6. The third kappa shape index (κ3) is 6.58. The SMILES string of the molecule is CCNC(=NCC(CC)(CC)CO)NCC(O)c1cc2ccccc2s1.I. The lowest BCUT2D eigenvalue weighted by Crippen LogP contribution is -2.40. The summed E-state index contributed by atoms with van der Waals surface area (Å²) in [5.41, 5.74) is -0.174. The maximum atomic E-state index is 10.5. The van der Waals surface area contributed by atoms with Gasteiger partial charge in [-0.2, -0.15) is 0 Å². The van der Waals surface area contributed by atoms with Gasteiger partial charge in [0.15, 0.2) is 5.96 Å². The van der Waals surface area contributed by atoms with Crippen LogP contribution in [0.3, 0.4) is 0 Å². The van der Waals surface area contributed by atoms with Crippen LogP contribution in [0.5, 0.6) is 0 Å². The number of nitrogens with one attached hydrogen (secondary N) is 2. The van der Waals surface area contributed by atoms with Crippen LogP contribution in [0.2, 0.25) is 0 Å². The molecule has 0 aliphatic rings. The molecule has 1 atom stereocenters. The van der Waals surface area contributed by atoms with E-state index in [0.29, 0.717) is 19.0 Å². The second-order valence-corrected chi connectivity index (χ2v) is 7.76. The molecule has 0 saturated heterocycles. The minimum atomic E-state index is -0.587. The van der Waals surface area contributed by atoms with Gasteiger partial charge >= 0.3 is 0 Å². The summed E-state index contributed by atoms with van der Waals surface area (Å²) in [5.74, 6) is 0.674. The molecular formula is C20H32IN3O2S. The van der Waals surface area contributed by atoms with E-state index in [4.69, 9.17) is 0 Å². The van der Waals surface area contributed by atoms with E-state index in [0.717, 1.165) is 29.6 Å². The predicted octanol–water partition coefficient (Wildman–Crippen LogP) is 3.91. The zero-order valence-corrected chi connectivity index (χ0v) is 19.5. The zero-order valence-electron chi connectivity index (χ0n) is 16.4. The lowest BCUT2D eigenvalue weighted by Gasteiger charge is -2.27. The number of fused-ring (bicyclic) bond motifs is 1. The first-order valence-corrected chi connectivity index (χ1v) is 10.2. The monoisotopic (exact) mass is 505 g/mol. The number of hydrogen-bond acceptors (Lipinski definition) is 4. The quantitative estimate of drug-likeness (QED) is 0.237. The highest BCUT2D eigenvalue weighted by molar-refractivity contribution is 14.0. The zero-order chi connectivity index (χ0) is 19.0. The summed E-state index contributed by atoms with van der Waals surface area (Å²) in [4.78, 5) is 5.58. The number of guanidine groups is 1. The van der Waals surface area contributed by atoms with Crippen molar-refractivity contribution in [1.82, 2.24) is 10.6 Å². The summed E-state index contributed by atoms with van der Waals surface area (Å²) in [6.45, 7) is 8.01. The summed E-state index contributed by atoms with van der Waals surface area (Å²) in [6.07, 6.45) is 1.18. The van der Waals surface area contributed by atoms with Crippen LogP contribution in [-0.2, 0) is 0 Å². The maximum absolute atomic E-state index is 10.5. The molecule has 0 amide bonds. The Bertz CT molecular complexity index is 675. The van der Waals surface area contributed by atoms with Crippen molar-refractivity contribution in [1.29, 1.82) is 0 Å². The van der Waals surface area contributed by atoms with Crippen LogP contribution in [0.4, 0.5) is 0 Å². The van der Waals surface area contributed by atoms with Gasteiger partial charge in [0.2, 0.25) is 0 Å². The van der Waals surface area contributed by atoms with E-state index in [2.05, 4.69) is 41.6 Å². The number of aliphatic hydroxyl groups excluding tert-OH is 2. The summed E-state index contributed by atoms with van der Waals surface area (Å²) >= 11 is 1.62. The molecule has 0 bridgehead atoms. The van der Waals surface area contributed by atoms with Crippen molar-refractivity contribution >= 4 is 51.4 Å². The van der Waals surface area contributed by atoms with Gasteiger partial charge in [-0.3, -0.25) is 4.99 Å². The van der Waals surface area contributed by atoms with Crippen LogP contribution < -0.4 is 10.6 Å². The minimum absolute atomic E-state index is 0.